The summed E-state index contributed by atoms with van der Waals surface area (Å²) >= 11 is 0. The highest BCUT2D eigenvalue weighted by Gasteiger charge is 2.28. The Balaban J connectivity index is 2.08. The summed E-state index contributed by atoms with van der Waals surface area (Å²) in [6, 6.07) is 4.21. The number of benzene rings is 1. The average molecular weight is 241 g/mol. The molecule has 0 spiro atoms. The number of hydrogen-bond acceptors (Lipinski definition) is 2. The van der Waals surface area contributed by atoms with Crippen LogP contribution in [0.4, 0.5) is 8.78 Å². The van der Waals surface area contributed by atoms with Crippen molar-refractivity contribution in [1.29, 1.82) is 0 Å². The number of hydrogen-bond donors (Lipinski definition) is 1. The molecule has 2 nitrogen and oxygen atoms in total. The summed E-state index contributed by atoms with van der Waals surface area (Å²) in [4.78, 5) is 1.96. The Morgan fingerprint density at radius 3 is 2.88 bits per heavy atom. The lowest BCUT2D eigenvalue weighted by Crippen LogP contribution is -2.45. The molecular formula is C13H17F2NO. The number of rotatable bonds is 2. The molecule has 0 amide bonds. The predicted octanol–water partition coefficient (Wildman–Crippen LogP) is 2.31. The lowest BCUT2D eigenvalue weighted by atomic mass is 9.95. The highest BCUT2D eigenvalue weighted by Crippen LogP contribution is 2.22. The molecule has 0 aromatic heterocycles. The Kier molecular flexibility index (Phi) is 3.45. The summed E-state index contributed by atoms with van der Waals surface area (Å²) in [5.74, 6) is -1.59. The van der Waals surface area contributed by atoms with Crippen molar-refractivity contribution in [2.45, 2.75) is 31.9 Å². The van der Waals surface area contributed by atoms with E-state index in [1.165, 1.54) is 6.07 Å². The lowest BCUT2D eigenvalue weighted by molar-refractivity contribution is -0.0184. The van der Waals surface area contributed by atoms with Crippen LogP contribution in [0.5, 0.6) is 0 Å². The summed E-state index contributed by atoms with van der Waals surface area (Å²) < 4.78 is 26.5. The molecule has 0 saturated carbocycles. The number of likely N-dealkylation sites (tertiary alicyclic amines) is 1. The Labute approximate surface area is 99.9 Å². The maximum atomic E-state index is 13.5. The van der Waals surface area contributed by atoms with Crippen LogP contribution in [0, 0.1) is 11.6 Å². The molecule has 1 aromatic carbocycles. The molecule has 1 saturated heterocycles. The largest absolute Gasteiger partial charge is 0.389 e. The fourth-order valence-corrected chi connectivity index (χ4v) is 2.37. The van der Waals surface area contributed by atoms with E-state index in [1.807, 2.05) is 4.90 Å². The van der Waals surface area contributed by atoms with Crippen LogP contribution in [0.1, 0.15) is 25.3 Å². The first kappa shape index (κ1) is 12.5. The molecule has 0 radical (unpaired) electrons. The van der Waals surface area contributed by atoms with Crippen molar-refractivity contribution in [2.75, 3.05) is 13.1 Å². The molecule has 1 aliphatic rings. The summed E-state index contributed by atoms with van der Waals surface area (Å²) in [6.07, 6.45) is 1.64. The number of nitrogens with zero attached hydrogens (tertiary/aromatic N) is 1. The van der Waals surface area contributed by atoms with E-state index in [0.717, 1.165) is 25.5 Å². The monoisotopic (exact) mass is 241 g/mol. The van der Waals surface area contributed by atoms with Crippen LogP contribution in [0.3, 0.4) is 0 Å². The normalized spacial score (nSPS) is 26.1. The minimum Gasteiger partial charge on any atom is -0.389 e. The summed E-state index contributed by atoms with van der Waals surface area (Å²) in [5, 5.41) is 9.94. The number of aliphatic hydroxyl groups is 1. The van der Waals surface area contributed by atoms with Crippen LogP contribution in [-0.4, -0.2) is 28.7 Å². The zero-order valence-electron chi connectivity index (χ0n) is 9.92. The van der Waals surface area contributed by atoms with Gasteiger partial charge in [0.1, 0.15) is 0 Å². The van der Waals surface area contributed by atoms with E-state index in [0.29, 0.717) is 18.7 Å². The van der Waals surface area contributed by atoms with Gasteiger partial charge in [-0.2, -0.15) is 0 Å². The van der Waals surface area contributed by atoms with Gasteiger partial charge in [-0.15, -0.1) is 0 Å². The van der Waals surface area contributed by atoms with E-state index < -0.39 is 17.2 Å². The highest BCUT2D eigenvalue weighted by atomic mass is 19.2. The lowest BCUT2D eigenvalue weighted by Gasteiger charge is -2.36. The van der Waals surface area contributed by atoms with Gasteiger partial charge >= 0.3 is 0 Å². The van der Waals surface area contributed by atoms with Gasteiger partial charge in [-0.1, -0.05) is 12.1 Å². The van der Waals surface area contributed by atoms with Crippen molar-refractivity contribution < 1.29 is 13.9 Å². The molecular weight excluding hydrogens is 224 g/mol. The molecule has 17 heavy (non-hydrogen) atoms. The van der Waals surface area contributed by atoms with Gasteiger partial charge in [0.15, 0.2) is 11.6 Å². The van der Waals surface area contributed by atoms with Crippen molar-refractivity contribution >= 4 is 0 Å². The highest BCUT2D eigenvalue weighted by molar-refractivity contribution is 5.19. The van der Waals surface area contributed by atoms with Gasteiger partial charge < -0.3 is 5.11 Å². The summed E-state index contributed by atoms with van der Waals surface area (Å²) in [7, 11) is 0. The minimum atomic E-state index is -0.814. The first-order valence-electron chi connectivity index (χ1n) is 5.85. The molecule has 1 heterocycles. The SMILES string of the molecule is CC1(O)CCCN(Cc2cccc(F)c2F)C1. The molecule has 1 aromatic rings. The summed E-state index contributed by atoms with van der Waals surface area (Å²) in [6.45, 7) is 3.44. The van der Waals surface area contributed by atoms with Crippen LogP contribution < -0.4 is 0 Å². The third-order valence-electron chi connectivity index (χ3n) is 3.18. The maximum absolute atomic E-state index is 13.5. The van der Waals surface area contributed by atoms with Gasteiger partial charge in [0, 0.05) is 18.7 Å². The van der Waals surface area contributed by atoms with Gasteiger partial charge in [0.05, 0.1) is 5.60 Å². The molecule has 4 heteroatoms. The maximum Gasteiger partial charge on any atom is 0.163 e. The Hall–Kier alpha value is -1.00. The Bertz CT molecular complexity index is 406. The second-order valence-electron chi connectivity index (χ2n) is 5.02. The van der Waals surface area contributed by atoms with Crippen LogP contribution in [-0.2, 0) is 6.54 Å². The van der Waals surface area contributed by atoms with Crippen LogP contribution >= 0.6 is 0 Å². The molecule has 0 aliphatic carbocycles. The predicted molar refractivity (Wildman–Crippen MR) is 61.5 cm³/mol. The summed E-state index contributed by atoms with van der Waals surface area (Å²) in [5.41, 5.74) is -0.370. The minimum absolute atomic E-state index is 0.347. The van der Waals surface area contributed by atoms with E-state index in [1.54, 1.807) is 13.0 Å². The first-order chi connectivity index (χ1) is 7.98. The second kappa shape index (κ2) is 4.70. The van der Waals surface area contributed by atoms with E-state index in [2.05, 4.69) is 0 Å². The fourth-order valence-electron chi connectivity index (χ4n) is 2.37. The smallest absolute Gasteiger partial charge is 0.163 e. The third-order valence-corrected chi connectivity index (χ3v) is 3.18. The van der Waals surface area contributed by atoms with E-state index >= 15 is 0 Å². The van der Waals surface area contributed by atoms with Gasteiger partial charge in [0.25, 0.3) is 0 Å². The number of β-amino-alcohol motifs (C(OH)–C–C–N with tert-alkyl or cyclic N) is 1. The molecule has 1 aliphatic heterocycles. The first-order valence-corrected chi connectivity index (χ1v) is 5.85. The van der Waals surface area contributed by atoms with E-state index in [-0.39, 0.29) is 0 Å². The molecule has 1 fully saturated rings. The quantitative estimate of drug-likeness (QED) is 0.859. The molecule has 1 atom stereocenters. The van der Waals surface area contributed by atoms with E-state index in [9.17, 15) is 13.9 Å². The molecule has 2 rings (SSSR count). The second-order valence-corrected chi connectivity index (χ2v) is 5.02. The third kappa shape index (κ3) is 3.01. The zero-order chi connectivity index (χ0) is 12.5. The Morgan fingerprint density at radius 1 is 1.41 bits per heavy atom. The van der Waals surface area contributed by atoms with Crippen molar-refractivity contribution in [3.05, 3.63) is 35.4 Å². The van der Waals surface area contributed by atoms with Crippen LogP contribution in [0.2, 0.25) is 0 Å². The van der Waals surface area contributed by atoms with Gasteiger partial charge in [0.2, 0.25) is 0 Å². The molecule has 94 valence electrons. The van der Waals surface area contributed by atoms with E-state index in [4.69, 9.17) is 0 Å². The number of piperidine rings is 1. The van der Waals surface area contributed by atoms with Crippen LogP contribution in [0.25, 0.3) is 0 Å². The Morgan fingerprint density at radius 2 is 2.18 bits per heavy atom. The van der Waals surface area contributed by atoms with Crippen molar-refractivity contribution in [1.82, 2.24) is 4.90 Å². The average Bonchev–Trinajstić information content (AvgIpc) is 2.23. The van der Waals surface area contributed by atoms with Crippen LogP contribution in [0.15, 0.2) is 18.2 Å². The topological polar surface area (TPSA) is 23.5 Å². The molecule has 1 unspecified atom stereocenters. The van der Waals surface area contributed by atoms with Gasteiger partial charge in [-0.05, 0) is 32.4 Å². The molecule has 0 bridgehead atoms. The molecule has 1 N–H and O–H groups in total. The standard InChI is InChI=1S/C13H17F2NO/c1-13(17)6-3-7-16(9-13)8-10-4-2-5-11(14)12(10)15/h2,4-5,17H,3,6-9H2,1H3. The van der Waals surface area contributed by atoms with Crippen molar-refractivity contribution in [2.24, 2.45) is 0 Å². The van der Waals surface area contributed by atoms with Gasteiger partial charge in [-0.25, -0.2) is 8.78 Å². The van der Waals surface area contributed by atoms with Gasteiger partial charge in [-0.3, -0.25) is 4.90 Å². The van der Waals surface area contributed by atoms with Crippen molar-refractivity contribution in [3.8, 4) is 0 Å². The fraction of sp³-hybridized carbons (Fsp3) is 0.538. The number of halogens is 2. The van der Waals surface area contributed by atoms with Crippen molar-refractivity contribution in [3.63, 3.8) is 0 Å². The zero-order valence-corrected chi connectivity index (χ0v) is 9.92.